The monoisotopic (exact) mass is 390 g/mol. The Morgan fingerprint density at radius 3 is 1.93 bits per heavy atom. The van der Waals surface area contributed by atoms with E-state index < -0.39 is 12.0 Å². The minimum absolute atomic E-state index is 0.0131. The summed E-state index contributed by atoms with van der Waals surface area (Å²) in [5.74, 6) is -0.832. The second-order valence-electron chi connectivity index (χ2n) is 7.87. The number of carbonyl (C=O) groups is 3. The molecule has 0 radical (unpaired) electrons. The van der Waals surface area contributed by atoms with Crippen LogP contribution in [0.25, 0.3) is 0 Å². The van der Waals surface area contributed by atoms with Gasteiger partial charge in [-0.05, 0) is 30.4 Å². The first-order valence-corrected chi connectivity index (χ1v) is 10.4. The van der Waals surface area contributed by atoms with Gasteiger partial charge < -0.3 is 9.80 Å². The zero-order chi connectivity index (χ0) is 20.2. The maximum atomic E-state index is 13.7. The minimum Gasteiger partial charge on any atom is -0.341 e. The van der Waals surface area contributed by atoms with Gasteiger partial charge in [0.2, 0.25) is 11.8 Å². The van der Waals surface area contributed by atoms with Gasteiger partial charge in [0.15, 0.2) is 5.78 Å². The van der Waals surface area contributed by atoms with Gasteiger partial charge in [-0.3, -0.25) is 14.4 Å². The van der Waals surface area contributed by atoms with Gasteiger partial charge in [0, 0.05) is 19.5 Å². The lowest BCUT2D eigenvalue weighted by molar-refractivity contribution is -0.144. The number of hydrogen-bond acceptors (Lipinski definition) is 3. The van der Waals surface area contributed by atoms with Crippen LogP contribution in [0, 0.1) is 0 Å². The lowest BCUT2D eigenvalue weighted by Gasteiger charge is -2.33. The van der Waals surface area contributed by atoms with Crippen LogP contribution >= 0.6 is 0 Å². The predicted molar refractivity (Wildman–Crippen MR) is 110 cm³/mol. The van der Waals surface area contributed by atoms with E-state index in [0.717, 1.165) is 30.4 Å². The SMILES string of the molecule is O=C1CC(C(=O)N2CCCCC2)N(C(=O)C(c2ccccc2)c2ccccc2)C1. The van der Waals surface area contributed by atoms with E-state index >= 15 is 0 Å². The molecule has 2 heterocycles. The highest BCUT2D eigenvalue weighted by Crippen LogP contribution is 2.30. The first-order chi connectivity index (χ1) is 14.1. The Morgan fingerprint density at radius 1 is 0.828 bits per heavy atom. The Kier molecular flexibility index (Phi) is 5.74. The van der Waals surface area contributed by atoms with Crippen LogP contribution in [0.3, 0.4) is 0 Å². The lowest BCUT2D eigenvalue weighted by Crippen LogP contribution is -2.50. The Bertz CT molecular complexity index is 836. The third-order valence-electron chi connectivity index (χ3n) is 5.89. The van der Waals surface area contributed by atoms with E-state index in [9.17, 15) is 14.4 Å². The van der Waals surface area contributed by atoms with E-state index in [1.807, 2.05) is 65.6 Å². The molecule has 0 N–H and O–H groups in total. The molecule has 5 heteroatoms. The van der Waals surface area contributed by atoms with E-state index in [-0.39, 0.29) is 30.6 Å². The molecule has 4 rings (SSSR count). The molecule has 150 valence electrons. The van der Waals surface area contributed by atoms with Gasteiger partial charge in [-0.1, -0.05) is 60.7 Å². The lowest BCUT2D eigenvalue weighted by atomic mass is 9.89. The van der Waals surface area contributed by atoms with Crippen molar-refractivity contribution in [1.82, 2.24) is 9.80 Å². The largest absolute Gasteiger partial charge is 0.341 e. The molecule has 0 bridgehead atoms. The van der Waals surface area contributed by atoms with Crippen molar-refractivity contribution in [1.29, 1.82) is 0 Å². The third kappa shape index (κ3) is 4.09. The quantitative estimate of drug-likeness (QED) is 0.806. The molecule has 1 atom stereocenters. The summed E-state index contributed by atoms with van der Waals surface area (Å²) in [7, 11) is 0. The fraction of sp³-hybridized carbons (Fsp3) is 0.375. The van der Waals surface area contributed by atoms with E-state index in [4.69, 9.17) is 0 Å². The molecule has 2 aromatic carbocycles. The second kappa shape index (κ2) is 8.60. The van der Waals surface area contributed by atoms with Crippen LogP contribution in [-0.4, -0.2) is 53.1 Å². The van der Waals surface area contributed by atoms with Crippen molar-refractivity contribution in [2.75, 3.05) is 19.6 Å². The molecular weight excluding hydrogens is 364 g/mol. The number of rotatable bonds is 4. The van der Waals surface area contributed by atoms with Crippen molar-refractivity contribution >= 4 is 17.6 Å². The topological polar surface area (TPSA) is 57.7 Å². The van der Waals surface area contributed by atoms with Crippen LogP contribution in [0.15, 0.2) is 60.7 Å². The number of benzene rings is 2. The van der Waals surface area contributed by atoms with Crippen molar-refractivity contribution in [3.8, 4) is 0 Å². The average molecular weight is 390 g/mol. The van der Waals surface area contributed by atoms with Crippen molar-refractivity contribution in [3.05, 3.63) is 71.8 Å². The smallest absolute Gasteiger partial charge is 0.245 e. The van der Waals surface area contributed by atoms with Crippen LogP contribution in [0.5, 0.6) is 0 Å². The molecule has 0 spiro atoms. The number of Topliss-reactive ketones (excluding diaryl/α,β-unsaturated/α-hetero) is 1. The number of nitrogens with zero attached hydrogens (tertiary/aromatic N) is 2. The first kappa shape index (κ1) is 19.4. The molecule has 2 aromatic rings. The van der Waals surface area contributed by atoms with Gasteiger partial charge in [-0.25, -0.2) is 0 Å². The fourth-order valence-electron chi connectivity index (χ4n) is 4.40. The Labute approximate surface area is 171 Å². The molecule has 2 fully saturated rings. The van der Waals surface area contributed by atoms with Gasteiger partial charge in [0.1, 0.15) is 6.04 Å². The maximum absolute atomic E-state index is 13.7. The number of amides is 2. The van der Waals surface area contributed by atoms with Crippen molar-refractivity contribution in [3.63, 3.8) is 0 Å². The number of piperidine rings is 1. The molecule has 1 unspecified atom stereocenters. The highest BCUT2D eigenvalue weighted by Gasteiger charge is 2.43. The number of ketones is 1. The molecular formula is C24H26N2O3. The van der Waals surface area contributed by atoms with Gasteiger partial charge in [0.25, 0.3) is 0 Å². The van der Waals surface area contributed by atoms with Crippen LogP contribution in [0.2, 0.25) is 0 Å². The van der Waals surface area contributed by atoms with E-state index in [0.29, 0.717) is 13.1 Å². The first-order valence-electron chi connectivity index (χ1n) is 10.4. The van der Waals surface area contributed by atoms with Crippen molar-refractivity contribution < 1.29 is 14.4 Å². The Hall–Kier alpha value is -2.95. The third-order valence-corrected chi connectivity index (χ3v) is 5.89. The van der Waals surface area contributed by atoms with Gasteiger partial charge >= 0.3 is 0 Å². The maximum Gasteiger partial charge on any atom is 0.245 e. The Balaban J connectivity index is 1.65. The van der Waals surface area contributed by atoms with E-state index in [2.05, 4.69) is 0 Å². The molecule has 0 aliphatic carbocycles. The van der Waals surface area contributed by atoms with Crippen LogP contribution < -0.4 is 0 Å². The van der Waals surface area contributed by atoms with Gasteiger partial charge in [0.05, 0.1) is 12.5 Å². The number of likely N-dealkylation sites (tertiary alicyclic amines) is 2. The van der Waals surface area contributed by atoms with Gasteiger partial charge in [-0.15, -0.1) is 0 Å². The summed E-state index contributed by atoms with van der Waals surface area (Å²) in [5, 5.41) is 0. The summed E-state index contributed by atoms with van der Waals surface area (Å²) in [4.78, 5) is 42.5. The zero-order valence-electron chi connectivity index (χ0n) is 16.5. The molecule has 2 saturated heterocycles. The summed E-state index contributed by atoms with van der Waals surface area (Å²) in [5.41, 5.74) is 1.74. The normalized spacial score (nSPS) is 19.6. The molecule has 0 saturated carbocycles. The standard InChI is InChI=1S/C24H26N2O3/c27-20-16-21(23(28)25-14-8-3-9-15-25)26(17-20)24(29)22(18-10-4-1-5-11-18)19-12-6-2-7-13-19/h1-2,4-7,10-13,21-22H,3,8-9,14-17H2. The average Bonchev–Trinajstić information content (AvgIpc) is 3.17. The number of carbonyl (C=O) groups excluding carboxylic acids is 3. The second-order valence-corrected chi connectivity index (χ2v) is 7.87. The summed E-state index contributed by atoms with van der Waals surface area (Å²) >= 11 is 0. The summed E-state index contributed by atoms with van der Waals surface area (Å²) in [6.45, 7) is 1.44. The predicted octanol–water partition coefficient (Wildman–Crippen LogP) is 3.00. The van der Waals surface area contributed by atoms with E-state index in [1.54, 1.807) is 0 Å². The Morgan fingerprint density at radius 2 is 1.38 bits per heavy atom. The highest BCUT2D eigenvalue weighted by atomic mass is 16.2. The number of hydrogen-bond donors (Lipinski definition) is 0. The molecule has 2 aliphatic rings. The molecule has 2 amide bonds. The molecule has 2 aliphatic heterocycles. The zero-order valence-corrected chi connectivity index (χ0v) is 16.5. The van der Waals surface area contributed by atoms with Gasteiger partial charge in [-0.2, -0.15) is 0 Å². The minimum atomic E-state index is -0.678. The highest BCUT2D eigenvalue weighted by molar-refractivity contribution is 6.01. The fourth-order valence-corrected chi connectivity index (χ4v) is 4.40. The van der Waals surface area contributed by atoms with Crippen LogP contribution in [-0.2, 0) is 14.4 Å². The van der Waals surface area contributed by atoms with E-state index in [1.165, 1.54) is 4.90 Å². The molecule has 5 nitrogen and oxygen atoms in total. The summed E-state index contributed by atoms with van der Waals surface area (Å²) in [6.07, 6.45) is 3.21. The summed E-state index contributed by atoms with van der Waals surface area (Å²) < 4.78 is 0. The molecule has 29 heavy (non-hydrogen) atoms. The van der Waals surface area contributed by atoms with Crippen LogP contribution in [0.4, 0.5) is 0 Å². The van der Waals surface area contributed by atoms with Crippen molar-refractivity contribution in [2.24, 2.45) is 0 Å². The molecule has 0 aromatic heterocycles. The summed E-state index contributed by atoms with van der Waals surface area (Å²) in [6, 6.07) is 18.5. The van der Waals surface area contributed by atoms with Crippen molar-refractivity contribution in [2.45, 2.75) is 37.6 Å². The van der Waals surface area contributed by atoms with Crippen LogP contribution in [0.1, 0.15) is 42.7 Å².